The molecule has 0 N–H and O–H groups in total. The average Bonchev–Trinajstić information content (AvgIpc) is 2.74. The molecule has 6 heteroatoms. The van der Waals surface area contributed by atoms with Crippen LogP contribution in [0.3, 0.4) is 0 Å². The Morgan fingerprint density at radius 2 is 1.78 bits per heavy atom. The molecule has 0 radical (unpaired) electrons. The lowest BCUT2D eigenvalue weighted by molar-refractivity contribution is -0.114. The molecular formula is C17H20ClN3O2. The summed E-state index contributed by atoms with van der Waals surface area (Å²) in [6, 6.07) is 1.39. The van der Waals surface area contributed by atoms with Gasteiger partial charge in [0.1, 0.15) is 11.5 Å². The quantitative estimate of drug-likeness (QED) is 0.577. The maximum atomic E-state index is 12.9. The Bertz CT molecular complexity index is 719. The second kappa shape index (κ2) is 5.96. The van der Waals surface area contributed by atoms with Gasteiger partial charge in [-0.25, -0.2) is 14.7 Å². The van der Waals surface area contributed by atoms with Gasteiger partial charge < -0.3 is 0 Å². The second-order valence-electron chi connectivity index (χ2n) is 6.19. The molecule has 2 heterocycles. The van der Waals surface area contributed by atoms with E-state index in [0.717, 1.165) is 31.3 Å². The fourth-order valence-corrected chi connectivity index (χ4v) is 3.46. The first-order valence-corrected chi connectivity index (χ1v) is 8.27. The second-order valence-corrected chi connectivity index (χ2v) is 6.60. The maximum absolute atomic E-state index is 12.9. The summed E-state index contributed by atoms with van der Waals surface area (Å²) < 4.78 is 0. The summed E-state index contributed by atoms with van der Waals surface area (Å²) in [5.41, 5.74) is 2.94. The van der Waals surface area contributed by atoms with Gasteiger partial charge in [0.05, 0.1) is 10.7 Å². The molecule has 3 rings (SSSR count). The number of hydrogen-bond acceptors (Lipinski definition) is 3. The number of carbonyl (C=O) groups excluding carboxylic acids is 2. The number of urea groups is 1. The standard InChI is InChI=1S/C17H20ClN3O2/c1-10-9-13(18)11(2)19-15(10)21-16(22)14(20(3)17(21)23)12-7-5-4-6-8-12/h9H,4-8H2,1-3H3. The maximum Gasteiger partial charge on any atom is 0.337 e. The number of carbonyl (C=O) groups is 2. The third-order valence-corrected chi connectivity index (χ3v) is 4.92. The molecule has 23 heavy (non-hydrogen) atoms. The lowest BCUT2D eigenvalue weighted by Crippen LogP contribution is -2.32. The van der Waals surface area contributed by atoms with E-state index in [1.165, 1.54) is 16.2 Å². The average molecular weight is 334 g/mol. The Kier molecular flexibility index (Phi) is 4.15. The number of nitrogens with zero attached hydrogens (tertiary/aromatic N) is 3. The van der Waals surface area contributed by atoms with Crippen LogP contribution in [0.15, 0.2) is 17.3 Å². The van der Waals surface area contributed by atoms with E-state index < -0.39 is 0 Å². The molecular weight excluding hydrogens is 314 g/mol. The number of pyridine rings is 1. The summed E-state index contributed by atoms with van der Waals surface area (Å²) in [6.45, 7) is 3.57. The van der Waals surface area contributed by atoms with Crippen LogP contribution in [-0.4, -0.2) is 28.9 Å². The predicted octanol–water partition coefficient (Wildman–Crippen LogP) is 3.97. The summed E-state index contributed by atoms with van der Waals surface area (Å²) in [4.78, 5) is 32.6. The smallest absolute Gasteiger partial charge is 0.292 e. The van der Waals surface area contributed by atoms with Crippen LogP contribution >= 0.6 is 11.6 Å². The number of hydrogen-bond donors (Lipinski definition) is 0. The van der Waals surface area contributed by atoms with E-state index in [4.69, 9.17) is 11.6 Å². The zero-order valence-electron chi connectivity index (χ0n) is 13.6. The van der Waals surface area contributed by atoms with E-state index in [2.05, 4.69) is 4.98 Å². The molecule has 122 valence electrons. The molecule has 0 unspecified atom stereocenters. The minimum absolute atomic E-state index is 0.272. The van der Waals surface area contributed by atoms with Gasteiger partial charge in [-0.1, -0.05) is 18.0 Å². The van der Waals surface area contributed by atoms with Crippen LogP contribution in [0, 0.1) is 13.8 Å². The molecule has 5 nitrogen and oxygen atoms in total. The zero-order valence-corrected chi connectivity index (χ0v) is 14.4. The molecule has 1 aliphatic heterocycles. The summed E-state index contributed by atoms with van der Waals surface area (Å²) >= 11 is 6.07. The molecule has 0 spiro atoms. The van der Waals surface area contributed by atoms with E-state index in [1.54, 1.807) is 27.0 Å². The Labute approximate surface area is 140 Å². The molecule has 0 aromatic carbocycles. The van der Waals surface area contributed by atoms with Crippen molar-refractivity contribution in [3.63, 3.8) is 0 Å². The Morgan fingerprint density at radius 3 is 2.43 bits per heavy atom. The molecule has 0 bridgehead atoms. The highest BCUT2D eigenvalue weighted by atomic mass is 35.5. The van der Waals surface area contributed by atoms with Crippen molar-refractivity contribution in [2.75, 3.05) is 11.9 Å². The SMILES string of the molecule is Cc1cc(Cl)c(C)nc1N1C(=O)C(=C2CCCCC2)N(C)C1=O. The number of anilines is 1. The number of amides is 3. The van der Waals surface area contributed by atoms with Gasteiger partial charge in [0, 0.05) is 7.05 Å². The normalized spacial score (nSPS) is 19.1. The number of likely N-dealkylation sites (N-methyl/N-ethyl adjacent to an activating group) is 1. The van der Waals surface area contributed by atoms with E-state index in [9.17, 15) is 9.59 Å². The Hall–Kier alpha value is -1.88. The largest absolute Gasteiger partial charge is 0.337 e. The number of imide groups is 1. The molecule has 2 aliphatic rings. The fourth-order valence-electron chi connectivity index (χ4n) is 3.26. The minimum Gasteiger partial charge on any atom is -0.292 e. The highest BCUT2D eigenvalue weighted by Gasteiger charge is 2.43. The topological polar surface area (TPSA) is 53.5 Å². The van der Waals surface area contributed by atoms with Gasteiger partial charge in [0.2, 0.25) is 0 Å². The van der Waals surface area contributed by atoms with Crippen LogP contribution in [0.2, 0.25) is 5.02 Å². The van der Waals surface area contributed by atoms with Crippen molar-refractivity contribution < 1.29 is 9.59 Å². The lowest BCUT2D eigenvalue weighted by atomic mass is 9.93. The van der Waals surface area contributed by atoms with Crippen molar-refractivity contribution in [1.29, 1.82) is 0 Å². The van der Waals surface area contributed by atoms with Crippen LogP contribution in [-0.2, 0) is 4.79 Å². The molecule has 1 saturated carbocycles. The molecule has 0 atom stereocenters. The van der Waals surface area contributed by atoms with Crippen molar-refractivity contribution in [2.24, 2.45) is 0 Å². The van der Waals surface area contributed by atoms with Gasteiger partial charge in [-0.05, 0) is 56.7 Å². The van der Waals surface area contributed by atoms with Crippen LogP contribution < -0.4 is 4.90 Å². The van der Waals surface area contributed by atoms with E-state index in [1.807, 2.05) is 0 Å². The van der Waals surface area contributed by atoms with Gasteiger partial charge in [-0.2, -0.15) is 0 Å². The molecule has 1 aliphatic carbocycles. The minimum atomic E-state index is -0.347. The number of allylic oxidation sites excluding steroid dienone is 1. The predicted molar refractivity (Wildman–Crippen MR) is 89.5 cm³/mol. The number of halogens is 1. The van der Waals surface area contributed by atoms with Crippen LogP contribution in [0.4, 0.5) is 10.6 Å². The van der Waals surface area contributed by atoms with Crippen LogP contribution in [0.1, 0.15) is 43.4 Å². The van der Waals surface area contributed by atoms with Crippen molar-refractivity contribution >= 4 is 29.4 Å². The molecule has 2 fully saturated rings. The van der Waals surface area contributed by atoms with Gasteiger partial charge in [-0.3, -0.25) is 9.69 Å². The first-order valence-electron chi connectivity index (χ1n) is 7.89. The zero-order chi connectivity index (χ0) is 16.7. The molecule has 3 amide bonds. The number of aryl methyl sites for hydroxylation is 2. The van der Waals surface area contributed by atoms with Gasteiger partial charge in [0.15, 0.2) is 0 Å². The van der Waals surface area contributed by atoms with Crippen molar-refractivity contribution in [2.45, 2.75) is 46.0 Å². The molecule has 1 saturated heterocycles. The summed E-state index contributed by atoms with van der Waals surface area (Å²) in [5, 5.41) is 0.532. The number of aromatic nitrogens is 1. The van der Waals surface area contributed by atoms with Gasteiger partial charge in [0.25, 0.3) is 5.91 Å². The first-order chi connectivity index (χ1) is 10.9. The highest BCUT2D eigenvalue weighted by Crippen LogP contribution is 2.34. The van der Waals surface area contributed by atoms with Crippen molar-refractivity contribution in [3.05, 3.63) is 33.6 Å². The Morgan fingerprint density at radius 1 is 1.13 bits per heavy atom. The monoisotopic (exact) mass is 333 g/mol. The van der Waals surface area contributed by atoms with E-state index in [-0.39, 0.29) is 11.9 Å². The number of rotatable bonds is 1. The van der Waals surface area contributed by atoms with Crippen molar-refractivity contribution in [3.8, 4) is 0 Å². The third-order valence-electron chi connectivity index (χ3n) is 4.54. The van der Waals surface area contributed by atoms with E-state index >= 15 is 0 Å². The summed E-state index contributed by atoms with van der Waals surface area (Å²) in [7, 11) is 1.66. The molecule has 1 aromatic heterocycles. The third kappa shape index (κ3) is 2.63. The van der Waals surface area contributed by atoms with Gasteiger partial charge >= 0.3 is 6.03 Å². The fraction of sp³-hybridized carbons (Fsp3) is 0.471. The molecule has 1 aromatic rings. The summed E-state index contributed by atoms with van der Waals surface area (Å²) in [6.07, 6.45) is 5.11. The highest BCUT2D eigenvalue weighted by molar-refractivity contribution is 6.31. The van der Waals surface area contributed by atoms with Crippen molar-refractivity contribution in [1.82, 2.24) is 9.88 Å². The van der Waals surface area contributed by atoms with Gasteiger partial charge in [-0.15, -0.1) is 0 Å². The first kappa shape index (κ1) is 16.0. The van der Waals surface area contributed by atoms with Crippen LogP contribution in [0.5, 0.6) is 0 Å². The lowest BCUT2D eigenvalue weighted by Gasteiger charge is -2.18. The van der Waals surface area contributed by atoms with Crippen LogP contribution in [0.25, 0.3) is 0 Å². The summed E-state index contributed by atoms with van der Waals surface area (Å²) in [5.74, 6) is 0.104. The van der Waals surface area contributed by atoms with E-state index in [0.29, 0.717) is 27.8 Å². The Balaban J connectivity index is 2.06.